The zero-order valence-corrected chi connectivity index (χ0v) is 22.5. The number of methoxy groups -OCH3 is 1. The Hall–Kier alpha value is -1.30. The molecule has 4 aliphatic carbocycles. The van der Waals surface area contributed by atoms with Gasteiger partial charge in [0.05, 0.1) is 11.2 Å². The summed E-state index contributed by atoms with van der Waals surface area (Å²) in [7, 11) is 1.28. The van der Waals surface area contributed by atoms with Crippen LogP contribution in [0.2, 0.25) is 0 Å². The lowest BCUT2D eigenvalue weighted by molar-refractivity contribution is -0.00889. The van der Waals surface area contributed by atoms with Gasteiger partial charge in [0.2, 0.25) is 0 Å². The van der Waals surface area contributed by atoms with Gasteiger partial charge in [-0.2, -0.15) is 0 Å². The molecule has 4 nitrogen and oxygen atoms in total. The van der Waals surface area contributed by atoms with E-state index < -0.39 is 18.3 Å². The van der Waals surface area contributed by atoms with E-state index in [0.29, 0.717) is 0 Å². The molecule has 5 heteroatoms. The van der Waals surface area contributed by atoms with Crippen molar-refractivity contribution in [1.29, 1.82) is 0 Å². The predicted molar refractivity (Wildman–Crippen MR) is 138 cm³/mol. The Balaban J connectivity index is 1.64. The maximum Gasteiger partial charge on any atom is 0.495 e. The molecule has 0 aromatic heterocycles. The molecule has 1 saturated heterocycles. The molecule has 6 rings (SSSR count). The first kappa shape index (κ1) is 24.4. The van der Waals surface area contributed by atoms with Crippen LogP contribution < -0.4 is 4.74 Å². The molecule has 4 bridgehead atoms. The fraction of sp³-hybridized carbons (Fsp3) is 0.724. The normalized spacial score (nSPS) is 32.8. The number of hydrogen-bond donors (Lipinski definition) is 0. The molecule has 0 N–H and O–H groups in total. The Kier molecular flexibility index (Phi) is 6.02. The number of rotatable bonds is 6. The third kappa shape index (κ3) is 3.96. The lowest BCUT2D eigenvalue weighted by atomic mass is 9.47. The average molecular weight is 466 g/mol. The fourth-order valence-corrected chi connectivity index (χ4v) is 7.67. The van der Waals surface area contributed by atoms with E-state index in [0.717, 1.165) is 34.5 Å². The monoisotopic (exact) mass is 466 g/mol. The molecule has 186 valence electrons. The minimum atomic E-state index is -0.425. The zero-order chi connectivity index (χ0) is 24.5. The third-order valence-corrected chi connectivity index (χ3v) is 9.48. The Morgan fingerprint density at radius 1 is 0.941 bits per heavy atom. The predicted octanol–water partition coefficient (Wildman–Crippen LogP) is 6.87. The summed E-state index contributed by atoms with van der Waals surface area (Å²) in [6, 6.07) is 4.68. The molecule has 1 aliphatic heterocycles. The highest BCUT2D eigenvalue weighted by Gasteiger charge is 2.55. The van der Waals surface area contributed by atoms with E-state index in [-0.39, 0.29) is 12.2 Å². The van der Waals surface area contributed by atoms with E-state index in [2.05, 4.69) is 60.6 Å². The van der Waals surface area contributed by atoms with Gasteiger partial charge in [-0.3, -0.25) is 0 Å². The van der Waals surface area contributed by atoms with Crippen LogP contribution in [0.1, 0.15) is 96.8 Å². The molecule has 0 amide bonds. The molecule has 0 spiro atoms. The van der Waals surface area contributed by atoms with E-state index in [1.807, 2.05) is 0 Å². The van der Waals surface area contributed by atoms with Crippen LogP contribution in [0.15, 0.2) is 17.7 Å². The van der Waals surface area contributed by atoms with Crippen molar-refractivity contribution < 1.29 is 18.8 Å². The molecule has 1 aromatic carbocycles. The summed E-state index contributed by atoms with van der Waals surface area (Å²) >= 11 is 0. The number of benzene rings is 1. The van der Waals surface area contributed by atoms with Crippen molar-refractivity contribution in [3.8, 4) is 5.75 Å². The van der Waals surface area contributed by atoms with Gasteiger partial charge in [0.25, 0.3) is 0 Å². The van der Waals surface area contributed by atoms with E-state index in [4.69, 9.17) is 18.8 Å². The van der Waals surface area contributed by atoms with Gasteiger partial charge in [0, 0.05) is 18.2 Å². The quantitative estimate of drug-likeness (QED) is 0.339. The molecule has 5 aliphatic rings. The topological polar surface area (TPSA) is 36.9 Å². The summed E-state index contributed by atoms with van der Waals surface area (Å²) in [4.78, 5) is 0. The summed E-state index contributed by atoms with van der Waals surface area (Å²) in [6.45, 7) is 15.3. The Bertz CT molecular complexity index is 937. The van der Waals surface area contributed by atoms with E-state index >= 15 is 0 Å². The lowest BCUT2D eigenvalue weighted by Gasteiger charge is -2.57. The molecule has 5 fully saturated rings. The Labute approximate surface area is 206 Å². The molecule has 0 atom stereocenters. The van der Waals surface area contributed by atoms with Crippen molar-refractivity contribution in [3.63, 3.8) is 0 Å². The summed E-state index contributed by atoms with van der Waals surface area (Å²) in [5.41, 5.74) is 5.52. The highest BCUT2D eigenvalue weighted by atomic mass is 16.7. The molecule has 0 unspecified atom stereocenters. The second-order valence-electron chi connectivity index (χ2n) is 12.9. The first-order chi connectivity index (χ1) is 15.9. The minimum Gasteiger partial charge on any atom is -0.467 e. The SMILES string of the molecule is COCOc1c(C(B2OC(C)(C)C(C)(C)O2)=C(C)C)cc(C)cc1C12CC3CC(CC(C3)C1)C2. The smallest absolute Gasteiger partial charge is 0.467 e. The Morgan fingerprint density at radius 2 is 1.47 bits per heavy atom. The van der Waals surface area contributed by atoms with Crippen molar-refractivity contribution in [2.24, 2.45) is 17.8 Å². The van der Waals surface area contributed by atoms with Crippen LogP contribution in [-0.4, -0.2) is 32.2 Å². The van der Waals surface area contributed by atoms with Gasteiger partial charge >= 0.3 is 7.12 Å². The molecule has 1 heterocycles. The first-order valence-corrected chi connectivity index (χ1v) is 13.2. The van der Waals surface area contributed by atoms with Crippen LogP contribution in [0, 0.1) is 24.7 Å². The zero-order valence-electron chi connectivity index (χ0n) is 22.5. The minimum absolute atomic E-state index is 0.223. The van der Waals surface area contributed by atoms with Crippen molar-refractivity contribution >= 4 is 12.6 Å². The highest BCUT2D eigenvalue weighted by molar-refractivity contribution is 6.69. The standard InChI is InChI=1S/C29H43BO4/c1-18(2)25(30-33-27(4,5)28(6,7)34-30)23-9-19(3)10-24(26(23)32-17-31-8)29-14-20-11-21(15-29)13-22(12-20)16-29/h9-10,20-22H,11-17H2,1-8H3. The number of ether oxygens (including phenoxy) is 2. The van der Waals surface area contributed by atoms with Crippen molar-refractivity contribution in [3.05, 3.63) is 34.4 Å². The fourth-order valence-electron chi connectivity index (χ4n) is 7.67. The Morgan fingerprint density at radius 3 is 1.94 bits per heavy atom. The van der Waals surface area contributed by atoms with Crippen LogP contribution in [-0.2, 0) is 19.5 Å². The third-order valence-electron chi connectivity index (χ3n) is 9.48. The van der Waals surface area contributed by atoms with Gasteiger partial charge in [0.15, 0.2) is 6.79 Å². The van der Waals surface area contributed by atoms with Crippen LogP contribution in [0.4, 0.5) is 0 Å². The molecular formula is C29H43BO4. The largest absolute Gasteiger partial charge is 0.495 e. The van der Waals surface area contributed by atoms with Crippen molar-refractivity contribution in [2.45, 2.75) is 104 Å². The lowest BCUT2D eigenvalue weighted by Crippen LogP contribution is -2.48. The van der Waals surface area contributed by atoms with Crippen molar-refractivity contribution in [2.75, 3.05) is 13.9 Å². The molecular weight excluding hydrogens is 423 g/mol. The number of hydrogen-bond acceptors (Lipinski definition) is 4. The van der Waals surface area contributed by atoms with E-state index in [9.17, 15) is 0 Å². The van der Waals surface area contributed by atoms with E-state index in [1.165, 1.54) is 55.2 Å². The average Bonchev–Trinajstić information content (AvgIpc) is 2.92. The van der Waals surface area contributed by atoms with E-state index in [1.54, 1.807) is 7.11 Å². The molecule has 0 radical (unpaired) electrons. The van der Waals surface area contributed by atoms with Crippen LogP contribution in [0.25, 0.3) is 5.47 Å². The molecule has 1 aromatic rings. The van der Waals surface area contributed by atoms with Crippen molar-refractivity contribution in [1.82, 2.24) is 0 Å². The first-order valence-electron chi connectivity index (χ1n) is 13.2. The molecule has 34 heavy (non-hydrogen) atoms. The summed E-state index contributed by atoms with van der Waals surface area (Å²) in [5.74, 6) is 3.60. The summed E-state index contributed by atoms with van der Waals surface area (Å²) in [6.07, 6.45) is 8.18. The van der Waals surface area contributed by atoms with Crippen LogP contribution in [0.5, 0.6) is 5.75 Å². The summed E-state index contributed by atoms with van der Waals surface area (Å²) in [5, 5.41) is 0. The second-order valence-corrected chi connectivity index (χ2v) is 12.9. The number of aryl methyl sites for hydroxylation is 1. The van der Waals surface area contributed by atoms with Gasteiger partial charge in [-0.05, 0) is 127 Å². The van der Waals surface area contributed by atoms with Gasteiger partial charge in [-0.1, -0.05) is 11.6 Å². The van der Waals surface area contributed by atoms with Gasteiger partial charge < -0.3 is 18.8 Å². The maximum absolute atomic E-state index is 6.56. The van der Waals surface area contributed by atoms with Crippen LogP contribution in [0.3, 0.4) is 0 Å². The molecule has 4 saturated carbocycles. The summed E-state index contributed by atoms with van der Waals surface area (Å²) < 4.78 is 25.1. The second kappa shape index (κ2) is 8.39. The number of allylic oxidation sites excluding steroid dienone is 1. The van der Waals surface area contributed by atoms with Crippen LogP contribution >= 0.6 is 0 Å². The maximum atomic E-state index is 6.56. The highest BCUT2D eigenvalue weighted by Crippen LogP contribution is 2.62. The van der Waals surface area contributed by atoms with Gasteiger partial charge in [-0.15, -0.1) is 0 Å². The van der Waals surface area contributed by atoms with Gasteiger partial charge in [0.1, 0.15) is 5.75 Å². The van der Waals surface area contributed by atoms with Gasteiger partial charge in [-0.25, -0.2) is 0 Å².